The third-order valence-corrected chi connectivity index (χ3v) is 6.05. The fourth-order valence-electron chi connectivity index (χ4n) is 4.43. The van der Waals surface area contributed by atoms with Gasteiger partial charge in [-0.2, -0.15) is 0 Å². The highest BCUT2D eigenvalue weighted by atomic mass is 16.6. The Morgan fingerprint density at radius 2 is 1.76 bits per heavy atom. The summed E-state index contributed by atoms with van der Waals surface area (Å²) in [7, 11) is 0. The predicted molar refractivity (Wildman–Crippen MR) is 108 cm³/mol. The van der Waals surface area contributed by atoms with Crippen molar-refractivity contribution in [3.63, 3.8) is 0 Å². The van der Waals surface area contributed by atoms with Gasteiger partial charge in [-0.1, -0.05) is 55.5 Å². The number of amides is 1. The maximum Gasteiger partial charge on any atom is 0.407 e. The number of nitrogens with one attached hydrogen (secondary N) is 1. The molecule has 2 aromatic rings. The molecule has 2 aromatic carbocycles. The van der Waals surface area contributed by atoms with Gasteiger partial charge in [0.25, 0.3) is 0 Å². The van der Waals surface area contributed by atoms with Crippen LogP contribution in [0.3, 0.4) is 0 Å². The molecule has 1 aliphatic carbocycles. The highest BCUT2D eigenvalue weighted by molar-refractivity contribution is 5.79. The Kier molecular flexibility index (Phi) is 5.28. The van der Waals surface area contributed by atoms with Crippen LogP contribution in [0.25, 0.3) is 11.1 Å². The highest BCUT2D eigenvalue weighted by Crippen LogP contribution is 2.44. The summed E-state index contributed by atoms with van der Waals surface area (Å²) in [5, 5.41) is 12.3. The zero-order chi connectivity index (χ0) is 20.4. The van der Waals surface area contributed by atoms with Gasteiger partial charge >= 0.3 is 12.1 Å². The molecule has 1 heterocycles. The van der Waals surface area contributed by atoms with E-state index in [0.717, 1.165) is 11.1 Å². The first-order valence-corrected chi connectivity index (χ1v) is 10.0. The highest BCUT2D eigenvalue weighted by Gasteiger charge is 2.43. The number of carbonyl (C=O) groups is 2. The number of hydrogen-bond acceptors (Lipinski definition) is 4. The number of carboxylic acids is 1. The fourth-order valence-corrected chi connectivity index (χ4v) is 4.43. The van der Waals surface area contributed by atoms with Crippen molar-refractivity contribution in [3.8, 4) is 11.1 Å². The quantitative estimate of drug-likeness (QED) is 0.801. The molecule has 29 heavy (non-hydrogen) atoms. The van der Waals surface area contributed by atoms with Crippen molar-refractivity contribution < 1.29 is 24.2 Å². The van der Waals surface area contributed by atoms with Gasteiger partial charge in [0.05, 0.1) is 6.61 Å². The summed E-state index contributed by atoms with van der Waals surface area (Å²) in [5.74, 6) is -0.990. The Hall–Kier alpha value is -2.86. The van der Waals surface area contributed by atoms with E-state index in [1.165, 1.54) is 11.1 Å². The first-order valence-electron chi connectivity index (χ1n) is 10.0. The van der Waals surface area contributed by atoms with Crippen molar-refractivity contribution in [2.24, 2.45) is 0 Å². The molecule has 152 valence electrons. The summed E-state index contributed by atoms with van der Waals surface area (Å²) < 4.78 is 11.1. The van der Waals surface area contributed by atoms with Gasteiger partial charge in [-0.05, 0) is 35.1 Å². The molecule has 2 N–H and O–H groups in total. The Morgan fingerprint density at radius 1 is 1.14 bits per heavy atom. The minimum atomic E-state index is -1.24. The number of rotatable bonds is 5. The van der Waals surface area contributed by atoms with E-state index < -0.39 is 17.7 Å². The number of benzene rings is 2. The second-order valence-electron chi connectivity index (χ2n) is 7.66. The molecular formula is C23H25NO5. The van der Waals surface area contributed by atoms with Gasteiger partial charge in [0.2, 0.25) is 0 Å². The van der Waals surface area contributed by atoms with Crippen LogP contribution in [0.4, 0.5) is 4.79 Å². The summed E-state index contributed by atoms with van der Waals surface area (Å²) >= 11 is 0. The molecule has 0 aromatic heterocycles. The van der Waals surface area contributed by atoms with Crippen LogP contribution in [-0.2, 0) is 14.3 Å². The molecule has 1 fully saturated rings. The standard InChI is InChI=1S/C23H25NO5/c1-2-23(21(25)26)13-15(11-12-29-23)24-22(27)28-14-20-18-9-5-3-7-16(18)17-8-4-6-10-19(17)20/h3-10,15,20H,2,11-14H2,1H3,(H,24,27)(H,25,26). The molecule has 2 unspecified atom stereocenters. The monoisotopic (exact) mass is 395 g/mol. The van der Waals surface area contributed by atoms with E-state index in [2.05, 4.69) is 29.6 Å². The third-order valence-electron chi connectivity index (χ3n) is 6.05. The molecule has 0 radical (unpaired) electrons. The van der Waals surface area contributed by atoms with Gasteiger partial charge in [-0.15, -0.1) is 0 Å². The van der Waals surface area contributed by atoms with E-state index in [0.29, 0.717) is 19.4 Å². The lowest BCUT2D eigenvalue weighted by molar-refractivity contribution is -0.174. The average Bonchev–Trinajstić information content (AvgIpc) is 3.06. The molecule has 4 rings (SSSR count). The zero-order valence-corrected chi connectivity index (χ0v) is 16.4. The molecule has 6 nitrogen and oxygen atoms in total. The molecule has 1 amide bonds. The van der Waals surface area contributed by atoms with E-state index >= 15 is 0 Å². The van der Waals surface area contributed by atoms with Crippen LogP contribution in [0.1, 0.15) is 43.2 Å². The van der Waals surface area contributed by atoms with Crippen LogP contribution < -0.4 is 5.32 Å². The lowest BCUT2D eigenvalue weighted by Crippen LogP contribution is -2.52. The van der Waals surface area contributed by atoms with Crippen LogP contribution in [0.2, 0.25) is 0 Å². The Labute approximate surface area is 169 Å². The van der Waals surface area contributed by atoms with Gasteiger partial charge < -0.3 is 19.9 Å². The minimum Gasteiger partial charge on any atom is -0.479 e. The lowest BCUT2D eigenvalue weighted by atomic mass is 9.88. The SMILES string of the molecule is CCC1(C(=O)O)CC(NC(=O)OCC2c3ccccc3-c3ccccc32)CCO1. The third kappa shape index (κ3) is 3.60. The van der Waals surface area contributed by atoms with Gasteiger partial charge in [-0.25, -0.2) is 9.59 Å². The second kappa shape index (κ2) is 7.87. The van der Waals surface area contributed by atoms with Crippen LogP contribution in [0.15, 0.2) is 48.5 Å². The Morgan fingerprint density at radius 3 is 2.34 bits per heavy atom. The average molecular weight is 395 g/mol. The maximum atomic E-state index is 12.4. The molecule has 0 spiro atoms. The van der Waals surface area contributed by atoms with Crippen molar-refractivity contribution in [3.05, 3.63) is 59.7 Å². The summed E-state index contributed by atoms with van der Waals surface area (Å²) in [5.41, 5.74) is 3.43. The van der Waals surface area contributed by atoms with Crippen LogP contribution in [0.5, 0.6) is 0 Å². The van der Waals surface area contributed by atoms with Gasteiger partial charge in [0, 0.05) is 18.4 Å². The summed E-state index contributed by atoms with van der Waals surface area (Å²) in [4.78, 5) is 24.0. The minimum absolute atomic E-state index is 0.00316. The number of hydrogen-bond donors (Lipinski definition) is 2. The van der Waals surface area contributed by atoms with Gasteiger partial charge in [-0.3, -0.25) is 0 Å². The summed E-state index contributed by atoms with van der Waals surface area (Å²) in [6.07, 6.45) is 0.641. The van der Waals surface area contributed by atoms with E-state index in [1.54, 1.807) is 6.92 Å². The van der Waals surface area contributed by atoms with E-state index in [-0.39, 0.29) is 25.0 Å². The number of alkyl carbamates (subject to hydrolysis) is 1. The van der Waals surface area contributed by atoms with Crippen LogP contribution in [0, 0.1) is 0 Å². The van der Waals surface area contributed by atoms with Crippen molar-refractivity contribution in [2.75, 3.05) is 13.2 Å². The van der Waals surface area contributed by atoms with Crippen molar-refractivity contribution in [1.82, 2.24) is 5.32 Å². The predicted octanol–water partition coefficient (Wildman–Crippen LogP) is 3.94. The number of fused-ring (bicyclic) bond motifs is 3. The van der Waals surface area contributed by atoms with E-state index in [4.69, 9.17) is 9.47 Å². The molecule has 1 aliphatic heterocycles. The van der Waals surface area contributed by atoms with E-state index in [1.807, 2.05) is 24.3 Å². The maximum absolute atomic E-state index is 12.4. The van der Waals surface area contributed by atoms with Crippen molar-refractivity contribution in [1.29, 1.82) is 0 Å². The zero-order valence-electron chi connectivity index (χ0n) is 16.4. The lowest BCUT2D eigenvalue weighted by Gasteiger charge is -2.37. The molecule has 0 bridgehead atoms. The number of carbonyl (C=O) groups excluding carboxylic acids is 1. The van der Waals surface area contributed by atoms with Crippen LogP contribution >= 0.6 is 0 Å². The largest absolute Gasteiger partial charge is 0.479 e. The molecule has 2 atom stereocenters. The topological polar surface area (TPSA) is 84.9 Å². The number of aliphatic carboxylic acids is 1. The first kappa shape index (κ1) is 19.5. The summed E-state index contributed by atoms with van der Waals surface area (Å²) in [6.45, 7) is 2.32. The first-order chi connectivity index (χ1) is 14.0. The second-order valence-corrected chi connectivity index (χ2v) is 7.66. The van der Waals surface area contributed by atoms with Crippen molar-refractivity contribution >= 4 is 12.1 Å². The van der Waals surface area contributed by atoms with Gasteiger partial charge in [0.15, 0.2) is 5.60 Å². The normalized spacial score (nSPS) is 23.1. The van der Waals surface area contributed by atoms with E-state index in [9.17, 15) is 14.7 Å². The summed E-state index contributed by atoms with van der Waals surface area (Å²) in [6, 6.07) is 16.1. The molecule has 1 saturated heterocycles. The number of ether oxygens (including phenoxy) is 2. The Bertz CT molecular complexity index is 881. The Balaban J connectivity index is 1.41. The molecule has 2 aliphatic rings. The molecule has 6 heteroatoms. The molecule has 0 saturated carbocycles. The van der Waals surface area contributed by atoms with Gasteiger partial charge in [0.1, 0.15) is 6.61 Å². The number of carboxylic acid groups (broad SMARTS) is 1. The fraction of sp³-hybridized carbons (Fsp3) is 0.391. The van der Waals surface area contributed by atoms with Crippen LogP contribution in [-0.4, -0.2) is 42.0 Å². The molecular weight excluding hydrogens is 370 g/mol. The van der Waals surface area contributed by atoms with Crippen molar-refractivity contribution in [2.45, 2.75) is 43.7 Å². The smallest absolute Gasteiger partial charge is 0.407 e.